The lowest BCUT2D eigenvalue weighted by Gasteiger charge is -2.15. The fraction of sp³-hybridized carbons (Fsp3) is 0.111. The van der Waals surface area contributed by atoms with Gasteiger partial charge in [0, 0.05) is 6.08 Å². The number of amides is 2. The second kappa shape index (κ2) is 6.45. The highest BCUT2D eigenvalue weighted by Crippen LogP contribution is 2.28. The van der Waals surface area contributed by atoms with E-state index in [4.69, 9.17) is 11.6 Å². The van der Waals surface area contributed by atoms with Crippen LogP contribution in [-0.2, 0) is 16.1 Å². The Morgan fingerprint density at radius 3 is 2.54 bits per heavy atom. The highest BCUT2D eigenvalue weighted by molar-refractivity contribution is 6.31. The summed E-state index contributed by atoms with van der Waals surface area (Å²) in [5.74, 6) is -1.59. The predicted octanol–water partition coefficient (Wildman–Crippen LogP) is 3.65. The van der Waals surface area contributed by atoms with Crippen LogP contribution in [0.25, 0.3) is 0 Å². The third-order valence-electron chi connectivity index (χ3n) is 3.74. The summed E-state index contributed by atoms with van der Waals surface area (Å²) in [6.07, 6.45) is 1.17. The van der Waals surface area contributed by atoms with Crippen molar-refractivity contribution in [2.45, 2.75) is 13.5 Å². The number of hydrogen-bond donors (Lipinski definition) is 1. The molecule has 0 spiro atoms. The second-order valence-corrected chi connectivity index (χ2v) is 5.83. The van der Waals surface area contributed by atoms with Crippen molar-refractivity contribution in [1.82, 2.24) is 4.90 Å². The smallest absolute Gasteiger partial charge is 0.277 e. The number of carbonyl (C=O) groups excluding carboxylic acids is 2. The van der Waals surface area contributed by atoms with Gasteiger partial charge < -0.3 is 5.32 Å². The fourth-order valence-electron chi connectivity index (χ4n) is 2.40. The van der Waals surface area contributed by atoms with Gasteiger partial charge in [-0.05, 0) is 24.1 Å². The van der Waals surface area contributed by atoms with E-state index in [0.29, 0.717) is 5.56 Å². The molecule has 1 N–H and O–H groups in total. The molecule has 2 amide bonds. The van der Waals surface area contributed by atoms with Gasteiger partial charge in [0.1, 0.15) is 5.70 Å². The van der Waals surface area contributed by atoms with Crippen LogP contribution in [0.5, 0.6) is 0 Å². The molecule has 1 heterocycles. The predicted molar refractivity (Wildman–Crippen MR) is 89.9 cm³/mol. The van der Waals surface area contributed by atoms with Gasteiger partial charge >= 0.3 is 0 Å². The third-order valence-corrected chi connectivity index (χ3v) is 4.20. The lowest BCUT2D eigenvalue weighted by Crippen LogP contribution is -2.31. The first-order chi connectivity index (χ1) is 11.5. The van der Waals surface area contributed by atoms with Gasteiger partial charge in [-0.25, -0.2) is 4.39 Å². The van der Waals surface area contributed by atoms with Crippen LogP contribution in [0, 0.1) is 12.7 Å². The maximum atomic E-state index is 14.2. The number of anilines is 1. The zero-order chi connectivity index (χ0) is 17.3. The Bertz CT molecular complexity index is 850. The second-order valence-electron chi connectivity index (χ2n) is 5.46. The number of nitrogens with zero attached hydrogens (tertiary/aromatic N) is 1. The Morgan fingerprint density at radius 1 is 1.12 bits per heavy atom. The maximum Gasteiger partial charge on any atom is 0.277 e. The summed E-state index contributed by atoms with van der Waals surface area (Å²) in [4.78, 5) is 25.6. The average Bonchev–Trinajstić information content (AvgIpc) is 2.84. The molecule has 1 aliphatic heterocycles. The van der Waals surface area contributed by atoms with E-state index in [0.717, 1.165) is 10.5 Å². The van der Waals surface area contributed by atoms with Gasteiger partial charge in [0.05, 0.1) is 17.3 Å². The minimum atomic E-state index is -0.653. The van der Waals surface area contributed by atoms with E-state index >= 15 is 0 Å². The van der Waals surface area contributed by atoms with Gasteiger partial charge in [-0.15, -0.1) is 0 Å². The van der Waals surface area contributed by atoms with Gasteiger partial charge in [-0.2, -0.15) is 0 Å². The highest BCUT2D eigenvalue weighted by atomic mass is 35.5. The number of rotatable bonds is 4. The molecule has 3 rings (SSSR count). The third kappa shape index (κ3) is 3.03. The molecule has 2 aromatic rings. The topological polar surface area (TPSA) is 49.4 Å². The van der Waals surface area contributed by atoms with Crippen molar-refractivity contribution in [3.05, 3.63) is 76.2 Å². The number of aryl methyl sites for hydroxylation is 1. The van der Waals surface area contributed by atoms with E-state index in [1.54, 1.807) is 13.0 Å². The van der Waals surface area contributed by atoms with Gasteiger partial charge in [0.25, 0.3) is 11.8 Å². The molecule has 0 unspecified atom stereocenters. The van der Waals surface area contributed by atoms with E-state index in [9.17, 15) is 14.0 Å². The van der Waals surface area contributed by atoms with E-state index in [-0.39, 0.29) is 23.0 Å². The van der Waals surface area contributed by atoms with E-state index in [1.165, 1.54) is 12.1 Å². The molecule has 0 saturated heterocycles. The van der Waals surface area contributed by atoms with Crippen molar-refractivity contribution in [3.63, 3.8) is 0 Å². The molecule has 2 aromatic carbocycles. The van der Waals surface area contributed by atoms with E-state index in [2.05, 4.69) is 5.32 Å². The van der Waals surface area contributed by atoms with Crippen LogP contribution in [0.15, 0.2) is 54.2 Å². The SMILES string of the molecule is Cc1ccc(NC2=CC(=O)N(Cc3ccccc3)C2=O)c(F)c1Cl. The first-order valence-corrected chi connectivity index (χ1v) is 7.68. The molecule has 0 atom stereocenters. The summed E-state index contributed by atoms with van der Waals surface area (Å²) in [5.41, 5.74) is 1.50. The normalized spacial score (nSPS) is 14.1. The minimum Gasteiger partial charge on any atom is -0.348 e. The van der Waals surface area contributed by atoms with Crippen LogP contribution >= 0.6 is 11.6 Å². The van der Waals surface area contributed by atoms with Crippen molar-refractivity contribution in [2.75, 3.05) is 5.32 Å². The van der Waals surface area contributed by atoms with Crippen LogP contribution in [0.1, 0.15) is 11.1 Å². The zero-order valence-electron chi connectivity index (χ0n) is 12.8. The number of nitrogens with one attached hydrogen (secondary N) is 1. The Kier molecular flexibility index (Phi) is 4.36. The van der Waals surface area contributed by atoms with Gasteiger partial charge in [0.2, 0.25) is 0 Å². The molecule has 4 nitrogen and oxygen atoms in total. The lowest BCUT2D eigenvalue weighted by molar-refractivity contribution is -0.137. The molecular weight excluding hydrogens is 331 g/mol. The summed E-state index contributed by atoms with van der Waals surface area (Å²) < 4.78 is 14.2. The quantitative estimate of drug-likeness (QED) is 0.861. The number of carbonyl (C=O) groups is 2. The lowest BCUT2D eigenvalue weighted by atomic mass is 10.2. The molecule has 6 heteroatoms. The minimum absolute atomic E-state index is 0.0153. The Hall–Kier alpha value is -2.66. The molecule has 24 heavy (non-hydrogen) atoms. The van der Waals surface area contributed by atoms with Crippen molar-refractivity contribution in [3.8, 4) is 0 Å². The number of benzene rings is 2. The highest BCUT2D eigenvalue weighted by Gasteiger charge is 2.31. The molecule has 0 radical (unpaired) electrons. The van der Waals surface area contributed by atoms with E-state index < -0.39 is 17.6 Å². The molecule has 0 fully saturated rings. The summed E-state index contributed by atoms with van der Waals surface area (Å²) in [5, 5.41) is 2.65. The van der Waals surface area contributed by atoms with Crippen LogP contribution in [0.3, 0.4) is 0 Å². The van der Waals surface area contributed by atoms with Crippen molar-refractivity contribution >= 4 is 29.1 Å². The molecule has 122 valence electrons. The molecule has 0 bridgehead atoms. The average molecular weight is 345 g/mol. The maximum absolute atomic E-state index is 14.2. The molecule has 0 saturated carbocycles. The van der Waals surface area contributed by atoms with Crippen LogP contribution in [0.4, 0.5) is 10.1 Å². The Labute approximate surface area is 143 Å². The van der Waals surface area contributed by atoms with Crippen molar-refractivity contribution in [1.29, 1.82) is 0 Å². The Morgan fingerprint density at radius 2 is 1.83 bits per heavy atom. The first-order valence-electron chi connectivity index (χ1n) is 7.30. The van der Waals surface area contributed by atoms with Crippen LogP contribution < -0.4 is 5.32 Å². The van der Waals surface area contributed by atoms with Gasteiger partial charge in [-0.1, -0.05) is 48.0 Å². The van der Waals surface area contributed by atoms with Crippen LogP contribution in [-0.4, -0.2) is 16.7 Å². The molecule has 0 aromatic heterocycles. The zero-order valence-corrected chi connectivity index (χ0v) is 13.6. The van der Waals surface area contributed by atoms with Gasteiger partial charge in [-0.3, -0.25) is 14.5 Å². The summed E-state index contributed by atoms with van der Waals surface area (Å²) in [6, 6.07) is 12.3. The van der Waals surface area contributed by atoms with Crippen LogP contribution in [0.2, 0.25) is 5.02 Å². The van der Waals surface area contributed by atoms with Crippen molar-refractivity contribution < 1.29 is 14.0 Å². The van der Waals surface area contributed by atoms with Crippen molar-refractivity contribution in [2.24, 2.45) is 0 Å². The number of hydrogen-bond acceptors (Lipinski definition) is 3. The molecule has 1 aliphatic rings. The monoisotopic (exact) mass is 344 g/mol. The fourth-order valence-corrected chi connectivity index (χ4v) is 2.57. The molecular formula is C18H14ClFN2O2. The largest absolute Gasteiger partial charge is 0.348 e. The molecule has 0 aliphatic carbocycles. The van der Waals surface area contributed by atoms with E-state index in [1.807, 2.05) is 30.3 Å². The first kappa shape index (κ1) is 16.2. The number of halogens is 2. The Balaban J connectivity index is 1.79. The summed E-state index contributed by atoms with van der Waals surface area (Å²) in [6.45, 7) is 1.84. The summed E-state index contributed by atoms with van der Waals surface area (Å²) in [7, 11) is 0. The standard InChI is InChI=1S/C18H14ClFN2O2/c1-11-7-8-13(17(20)16(11)19)21-14-9-15(23)22(18(14)24)10-12-5-3-2-4-6-12/h2-9,21H,10H2,1H3. The number of imide groups is 1. The summed E-state index contributed by atoms with van der Waals surface area (Å²) >= 11 is 5.87. The van der Waals surface area contributed by atoms with Gasteiger partial charge in [0.15, 0.2) is 5.82 Å².